The molecule has 1 aliphatic carbocycles. The molecule has 3 aromatic heterocycles. The summed E-state index contributed by atoms with van der Waals surface area (Å²) in [5.41, 5.74) is 9.36. The lowest BCUT2D eigenvalue weighted by Gasteiger charge is -2.12. The van der Waals surface area contributed by atoms with Crippen molar-refractivity contribution in [1.29, 1.82) is 0 Å². The minimum atomic E-state index is 0.958. The van der Waals surface area contributed by atoms with E-state index in [9.17, 15) is 0 Å². The Balaban J connectivity index is 1.49. The molecular formula is C36H24N2O. The molecule has 0 unspecified atom stereocenters. The average molecular weight is 501 g/mol. The Hall–Kier alpha value is -5.02. The molecule has 0 atom stereocenters. The summed E-state index contributed by atoms with van der Waals surface area (Å²) in [6.45, 7) is 0. The molecule has 0 radical (unpaired) electrons. The van der Waals surface area contributed by atoms with Crippen LogP contribution in [0, 0.1) is 0 Å². The molecule has 0 aliphatic heterocycles. The molecule has 5 aromatic carbocycles. The van der Waals surface area contributed by atoms with Crippen molar-refractivity contribution in [1.82, 2.24) is 9.13 Å². The Bertz CT molecular complexity index is 2270. The van der Waals surface area contributed by atoms with Gasteiger partial charge in [-0.05, 0) is 48.9 Å². The number of furan rings is 1. The van der Waals surface area contributed by atoms with Gasteiger partial charge in [0.15, 0.2) is 0 Å². The lowest BCUT2D eigenvalue weighted by Crippen LogP contribution is -1.98. The number of para-hydroxylation sites is 3. The predicted octanol–water partition coefficient (Wildman–Crippen LogP) is 9.59. The van der Waals surface area contributed by atoms with E-state index in [4.69, 9.17) is 4.42 Å². The van der Waals surface area contributed by atoms with Crippen LogP contribution in [-0.2, 0) is 6.42 Å². The highest BCUT2D eigenvalue weighted by Gasteiger charge is 2.22. The molecule has 0 amide bonds. The Morgan fingerprint density at radius 3 is 1.90 bits per heavy atom. The maximum atomic E-state index is 6.26. The quantitative estimate of drug-likeness (QED) is 0.232. The summed E-state index contributed by atoms with van der Waals surface area (Å²) in [7, 11) is 0. The molecule has 0 bridgehead atoms. The van der Waals surface area contributed by atoms with Crippen LogP contribution in [0.1, 0.15) is 17.7 Å². The highest BCUT2D eigenvalue weighted by atomic mass is 16.3. The predicted molar refractivity (Wildman–Crippen MR) is 162 cm³/mol. The molecule has 0 saturated heterocycles. The molecule has 9 rings (SSSR count). The maximum absolute atomic E-state index is 6.26. The molecule has 3 heteroatoms. The SMILES string of the molecule is C1=Cc2c(oc3ccc(-n4c5ccccc5c5ccc6c7ccccc7n(-c7ccccc7)c6c54)cc23)CC1. The fourth-order valence-electron chi connectivity index (χ4n) is 6.69. The lowest BCUT2D eigenvalue weighted by atomic mass is 10.0. The number of nitrogens with zero attached hydrogens (tertiary/aromatic N) is 2. The molecular weight excluding hydrogens is 476 g/mol. The molecule has 3 nitrogen and oxygen atoms in total. The number of allylic oxidation sites excluding steroid dienone is 1. The van der Waals surface area contributed by atoms with E-state index in [1.807, 2.05) is 0 Å². The molecule has 8 aromatic rings. The summed E-state index contributed by atoms with van der Waals surface area (Å²) in [6, 6.07) is 39.5. The number of benzene rings is 5. The van der Waals surface area contributed by atoms with E-state index in [1.165, 1.54) is 54.6 Å². The van der Waals surface area contributed by atoms with E-state index >= 15 is 0 Å². The van der Waals surface area contributed by atoms with Gasteiger partial charge in [0, 0.05) is 50.3 Å². The second-order valence-electron chi connectivity index (χ2n) is 10.5. The Morgan fingerprint density at radius 1 is 0.538 bits per heavy atom. The van der Waals surface area contributed by atoms with Gasteiger partial charge in [-0.2, -0.15) is 0 Å². The third-order valence-electron chi connectivity index (χ3n) is 8.35. The number of aromatic nitrogens is 2. The number of hydrogen-bond donors (Lipinski definition) is 0. The van der Waals surface area contributed by atoms with Crippen LogP contribution in [-0.4, -0.2) is 9.13 Å². The van der Waals surface area contributed by atoms with Gasteiger partial charge in [0.2, 0.25) is 0 Å². The average Bonchev–Trinajstić information content (AvgIpc) is 3.65. The van der Waals surface area contributed by atoms with Gasteiger partial charge >= 0.3 is 0 Å². The second kappa shape index (κ2) is 7.75. The minimum absolute atomic E-state index is 0.958. The van der Waals surface area contributed by atoms with Gasteiger partial charge in [-0.15, -0.1) is 0 Å². The van der Waals surface area contributed by atoms with Gasteiger partial charge in [-0.25, -0.2) is 0 Å². The molecule has 39 heavy (non-hydrogen) atoms. The smallest absolute Gasteiger partial charge is 0.135 e. The van der Waals surface area contributed by atoms with E-state index in [-0.39, 0.29) is 0 Å². The van der Waals surface area contributed by atoms with Crippen molar-refractivity contribution < 1.29 is 4.42 Å². The standard InChI is InChI=1S/C36H24N2O/c1-2-10-23(11-3-1)37-31-15-7-4-12-25(31)28-19-20-29-26-13-5-8-16-32(26)38(36(29)35(28)37)24-18-21-34-30(22-24)27-14-6-9-17-33(27)39-34/h1-8,10-16,18-22H,9,17H2. The summed E-state index contributed by atoms with van der Waals surface area (Å²) in [6.07, 6.45) is 6.48. The van der Waals surface area contributed by atoms with Crippen LogP contribution >= 0.6 is 0 Å². The number of fused-ring (bicyclic) bond motifs is 10. The zero-order valence-corrected chi connectivity index (χ0v) is 21.3. The third-order valence-corrected chi connectivity index (χ3v) is 8.35. The normalized spacial score (nSPS) is 13.3. The highest BCUT2D eigenvalue weighted by Crippen LogP contribution is 2.42. The first kappa shape index (κ1) is 21.0. The van der Waals surface area contributed by atoms with Crippen molar-refractivity contribution in [2.24, 2.45) is 0 Å². The van der Waals surface area contributed by atoms with Crippen LogP contribution in [0.4, 0.5) is 0 Å². The largest absolute Gasteiger partial charge is 0.460 e. The number of hydrogen-bond acceptors (Lipinski definition) is 1. The zero-order chi connectivity index (χ0) is 25.5. The van der Waals surface area contributed by atoms with Crippen LogP contribution < -0.4 is 0 Å². The molecule has 184 valence electrons. The summed E-state index contributed by atoms with van der Waals surface area (Å²) < 4.78 is 11.1. The molecule has 0 N–H and O–H groups in total. The van der Waals surface area contributed by atoms with E-state index in [0.717, 1.165) is 35.6 Å². The summed E-state index contributed by atoms with van der Waals surface area (Å²) in [5, 5.41) is 6.22. The second-order valence-corrected chi connectivity index (χ2v) is 10.5. The van der Waals surface area contributed by atoms with Gasteiger partial charge in [0.1, 0.15) is 11.3 Å². The lowest BCUT2D eigenvalue weighted by molar-refractivity contribution is 0.546. The zero-order valence-electron chi connectivity index (χ0n) is 21.3. The van der Waals surface area contributed by atoms with Crippen LogP contribution in [0.3, 0.4) is 0 Å². The molecule has 0 saturated carbocycles. The van der Waals surface area contributed by atoms with Gasteiger partial charge in [0.05, 0.1) is 22.1 Å². The van der Waals surface area contributed by atoms with Crippen molar-refractivity contribution in [2.75, 3.05) is 0 Å². The van der Waals surface area contributed by atoms with Crippen molar-refractivity contribution in [3.8, 4) is 11.4 Å². The Morgan fingerprint density at radius 2 is 1.18 bits per heavy atom. The van der Waals surface area contributed by atoms with Gasteiger partial charge < -0.3 is 13.6 Å². The Labute approximate surface area is 224 Å². The summed E-state index contributed by atoms with van der Waals surface area (Å²) in [4.78, 5) is 0. The monoisotopic (exact) mass is 500 g/mol. The van der Waals surface area contributed by atoms with Gasteiger partial charge in [-0.1, -0.05) is 78.9 Å². The molecule has 3 heterocycles. The molecule has 0 fully saturated rings. The maximum Gasteiger partial charge on any atom is 0.135 e. The summed E-state index contributed by atoms with van der Waals surface area (Å²) >= 11 is 0. The first-order chi connectivity index (χ1) is 19.4. The van der Waals surface area contributed by atoms with E-state index in [2.05, 4.69) is 130 Å². The minimum Gasteiger partial charge on any atom is -0.460 e. The van der Waals surface area contributed by atoms with Crippen LogP contribution in [0.15, 0.2) is 120 Å². The topological polar surface area (TPSA) is 23.0 Å². The van der Waals surface area contributed by atoms with Crippen LogP contribution in [0.25, 0.3) is 72.0 Å². The molecule has 0 spiro atoms. The van der Waals surface area contributed by atoms with Crippen LogP contribution in [0.2, 0.25) is 0 Å². The number of rotatable bonds is 2. The Kier molecular flexibility index (Phi) is 4.17. The number of aryl methyl sites for hydroxylation is 1. The third kappa shape index (κ3) is 2.82. The highest BCUT2D eigenvalue weighted by molar-refractivity contribution is 6.23. The molecule has 1 aliphatic rings. The fraction of sp³-hybridized carbons (Fsp3) is 0.0556. The summed E-state index contributed by atoms with van der Waals surface area (Å²) in [5.74, 6) is 1.10. The first-order valence-corrected chi connectivity index (χ1v) is 13.6. The van der Waals surface area contributed by atoms with E-state index < -0.39 is 0 Å². The fourth-order valence-corrected chi connectivity index (χ4v) is 6.69. The van der Waals surface area contributed by atoms with Crippen molar-refractivity contribution in [2.45, 2.75) is 12.8 Å². The van der Waals surface area contributed by atoms with Crippen LogP contribution in [0.5, 0.6) is 0 Å². The van der Waals surface area contributed by atoms with Crippen molar-refractivity contribution >= 4 is 60.7 Å². The van der Waals surface area contributed by atoms with Gasteiger partial charge in [-0.3, -0.25) is 0 Å². The van der Waals surface area contributed by atoms with E-state index in [0.29, 0.717) is 0 Å². The first-order valence-electron chi connectivity index (χ1n) is 13.6. The van der Waals surface area contributed by atoms with E-state index in [1.54, 1.807) is 0 Å². The van der Waals surface area contributed by atoms with Crippen molar-refractivity contribution in [3.63, 3.8) is 0 Å². The van der Waals surface area contributed by atoms with Crippen molar-refractivity contribution in [3.05, 3.63) is 127 Å². The van der Waals surface area contributed by atoms with Gasteiger partial charge in [0.25, 0.3) is 0 Å².